The number of hydrogen-bond acceptors (Lipinski definition) is 3. The molecule has 0 N–H and O–H groups in total. The van der Waals surface area contributed by atoms with Crippen molar-refractivity contribution in [3.8, 4) is 0 Å². The quantitative estimate of drug-likeness (QED) is 0.823. The average molecular weight is 357 g/mol. The number of benzene rings is 1. The number of carbonyl (C=O) groups excluding carboxylic acids is 3. The predicted octanol–water partition coefficient (Wildman–Crippen LogP) is 1.45. The first-order valence-corrected chi connectivity index (χ1v) is 9.15. The van der Waals surface area contributed by atoms with Crippen LogP contribution in [0.2, 0.25) is 0 Å². The molecule has 0 aromatic heterocycles. The summed E-state index contributed by atoms with van der Waals surface area (Å²) in [5.74, 6) is -0.317. The summed E-state index contributed by atoms with van der Waals surface area (Å²) in [4.78, 5) is 42.9. The first kappa shape index (κ1) is 18.4. The summed E-state index contributed by atoms with van der Waals surface area (Å²) in [5.41, 5.74) is 2.90. The highest BCUT2D eigenvalue weighted by Gasteiger charge is 2.42. The Labute approximate surface area is 154 Å². The third-order valence-corrected chi connectivity index (χ3v) is 5.64. The van der Waals surface area contributed by atoms with Crippen LogP contribution in [0.1, 0.15) is 34.3 Å². The van der Waals surface area contributed by atoms with Gasteiger partial charge < -0.3 is 14.7 Å². The molecular weight excluding hydrogens is 330 g/mol. The van der Waals surface area contributed by atoms with Crippen LogP contribution in [0.15, 0.2) is 18.2 Å². The van der Waals surface area contributed by atoms with E-state index >= 15 is 0 Å². The van der Waals surface area contributed by atoms with Gasteiger partial charge in [0.1, 0.15) is 6.54 Å². The molecule has 3 heterocycles. The second-order valence-electron chi connectivity index (χ2n) is 7.69. The molecular formula is C20H27N3O3. The molecule has 3 saturated heterocycles. The minimum atomic E-state index is -0.209. The van der Waals surface area contributed by atoms with Gasteiger partial charge >= 0.3 is 0 Å². The lowest BCUT2D eigenvalue weighted by atomic mass is 9.94. The molecule has 0 radical (unpaired) electrons. The first-order valence-electron chi connectivity index (χ1n) is 9.15. The molecule has 0 spiro atoms. The van der Waals surface area contributed by atoms with Crippen molar-refractivity contribution in [3.63, 3.8) is 0 Å². The van der Waals surface area contributed by atoms with Gasteiger partial charge in [0.15, 0.2) is 0 Å². The van der Waals surface area contributed by atoms with Crippen molar-refractivity contribution >= 4 is 17.7 Å². The summed E-state index contributed by atoms with van der Waals surface area (Å²) >= 11 is 0. The summed E-state index contributed by atoms with van der Waals surface area (Å²) in [6.45, 7) is 5.05. The molecule has 2 atom stereocenters. The maximum absolute atomic E-state index is 13.0. The molecule has 3 aliphatic heterocycles. The zero-order chi connectivity index (χ0) is 19.0. The second kappa shape index (κ2) is 7.09. The van der Waals surface area contributed by atoms with Crippen LogP contribution >= 0.6 is 0 Å². The van der Waals surface area contributed by atoms with E-state index in [-0.39, 0.29) is 36.2 Å². The van der Waals surface area contributed by atoms with Gasteiger partial charge in [-0.25, -0.2) is 0 Å². The van der Waals surface area contributed by atoms with E-state index in [1.54, 1.807) is 23.9 Å². The summed E-state index contributed by atoms with van der Waals surface area (Å²) in [5, 5.41) is 0. The van der Waals surface area contributed by atoms with E-state index in [9.17, 15) is 14.4 Å². The standard InChI is InChI=1S/C20H27N3O3/c1-13-5-6-15(9-14(13)2)19(25)22-10-16-7-8-17(11-22)23(20(16)26)12-18(24)21(3)4/h5-6,9,16-17H,7-8,10-12H2,1-4H3. The highest BCUT2D eigenvalue weighted by molar-refractivity contribution is 5.95. The Morgan fingerprint density at radius 1 is 1.12 bits per heavy atom. The van der Waals surface area contributed by atoms with Crippen molar-refractivity contribution in [2.45, 2.75) is 32.7 Å². The molecule has 140 valence electrons. The van der Waals surface area contributed by atoms with Crippen LogP contribution in [0, 0.1) is 19.8 Å². The fourth-order valence-electron chi connectivity index (χ4n) is 3.76. The molecule has 3 amide bonds. The topological polar surface area (TPSA) is 60.9 Å². The monoisotopic (exact) mass is 357 g/mol. The van der Waals surface area contributed by atoms with Gasteiger partial charge in [0, 0.05) is 38.8 Å². The highest BCUT2D eigenvalue weighted by Crippen LogP contribution is 2.30. The van der Waals surface area contributed by atoms with Gasteiger partial charge in [0.25, 0.3) is 5.91 Å². The minimum Gasteiger partial charge on any atom is -0.347 e. The molecule has 2 bridgehead atoms. The van der Waals surface area contributed by atoms with E-state index in [1.807, 2.05) is 32.0 Å². The number of rotatable bonds is 3. The van der Waals surface area contributed by atoms with Gasteiger partial charge in [-0.3, -0.25) is 14.4 Å². The number of carbonyl (C=O) groups is 3. The Bertz CT molecular complexity index is 744. The van der Waals surface area contributed by atoms with E-state index < -0.39 is 0 Å². The van der Waals surface area contributed by atoms with E-state index in [4.69, 9.17) is 0 Å². The van der Waals surface area contributed by atoms with Gasteiger partial charge in [-0.15, -0.1) is 0 Å². The van der Waals surface area contributed by atoms with E-state index in [0.717, 1.165) is 24.0 Å². The van der Waals surface area contributed by atoms with Gasteiger partial charge in [-0.05, 0) is 49.9 Å². The summed E-state index contributed by atoms with van der Waals surface area (Å²) in [6, 6.07) is 5.65. The molecule has 0 saturated carbocycles. The predicted molar refractivity (Wildman–Crippen MR) is 98.7 cm³/mol. The van der Waals surface area contributed by atoms with Crippen LogP contribution in [0.4, 0.5) is 0 Å². The third kappa shape index (κ3) is 3.45. The smallest absolute Gasteiger partial charge is 0.253 e. The van der Waals surface area contributed by atoms with Crippen LogP contribution < -0.4 is 0 Å². The van der Waals surface area contributed by atoms with E-state index in [1.165, 1.54) is 4.90 Å². The van der Waals surface area contributed by atoms with Crippen LogP contribution in [0.5, 0.6) is 0 Å². The molecule has 1 aromatic carbocycles. The number of likely N-dealkylation sites (N-methyl/N-ethyl adjacent to an activating group) is 1. The molecule has 3 aliphatic rings. The number of aryl methyl sites for hydroxylation is 2. The highest BCUT2D eigenvalue weighted by atomic mass is 16.2. The van der Waals surface area contributed by atoms with Gasteiger partial charge in [0.05, 0.1) is 5.92 Å². The fourth-order valence-corrected chi connectivity index (χ4v) is 3.76. The third-order valence-electron chi connectivity index (χ3n) is 5.64. The second-order valence-corrected chi connectivity index (χ2v) is 7.69. The van der Waals surface area contributed by atoms with Crippen LogP contribution in [0.25, 0.3) is 0 Å². The lowest BCUT2D eigenvalue weighted by molar-refractivity contribution is -0.145. The van der Waals surface area contributed by atoms with E-state index in [2.05, 4.69) is 0 Å². The Hall–Kier alpha value is -2.37. The number of piperidine rings is 1. The zero-order valence-electron chi connectivity index (χ0n) is 16.0. The van der Waals surface area contributed by atoms with Crippen molar-refractivity contribution < 1.29 is 14.4 Å². The summed E-state index contributed by atoms with van der Waals surface area (Å²) in [7, 11) is 3.39. The Morgan fingerprint density at radius 3 is 2.50 bits per heavy atom. The Balaban J connectivity index is 1.80. The molecule has 0 aliphatic carbocycles. The van der Waals surface area contributed by atoms with Crippen LogP contribution in [-0.4, -0.2) is 72.2 Å². The zero-order valence-corrected chi connectivity index (χ0v) is 16.0. The van der Waals surface area contributed by atoms with Gasteiger partial charge in [0.2, 0.25) is 11.8 Å². The first-order chi connectivity index (χ1) is 12.3. The molecule has 3 fully saturated rings. The van der Waals surface area contributed by atoms with Crippen molar-refractivity contribution in [1.82, 2.24) is 14.7 Å². The van der Waals surface area contributed by atoms with Crippen molar-refractivity contribution in [2.24, 2.45) is 5.92 Å². The largest absolute Gasteiger partial charge is 0.347 e. The molecule has 4 rings (SSSR count). The number of nitrogens with zero attached hydrogens (tertiary/aromatic N) is 3. The molecule has 6 heteroatoms. The normalized spacial score (nSPS) is 22.4. The number of fused-ring (bicyclic) bond motifs is 4. The number of hydrogen-bond donors (Lipinski definition) is 0. The SMILES string of the molecule is Cc1ccc(C(=O)N2CC3CCC(C2)N(CC(=O)N(C)C)C3=O)cc1C. The lowest BCUT2D eigenvalue weighted by Crippen LogP contribution is -2.51. The van der Waals surface area contributed by atoms with Gasteiger partial charge in [-0.2, -0.15) is 0 Å². The summed E-state index contributed by atoms with van der Waals surface area (Å²) < 4.78 is 0. The van der Waals surface area contributed by atoms with Crippen LogP contribution in [0.3, 0.4) is 0 Å². The molecule has 26 heavy (non-hydrogen) atoms. The summed E-state index contributed by atoms with van der Waals surface area (Å²) in [6.07, 6.45) is 1.63. The average Bonchev–Trinajstić information content (AvgIpc) is 2.89. The van der Waals surface area contributed by atoms with Crippen molar-refractivity contribution in [3.05, 3.63) is 34.9 Å². The molecule has 6 nitrogen and oxygen atoms in total. The van der Waals surface area contributed by atoms with Crippen molar-refractivity contribution in [2.75, 3.05) is 33.7 Å². The van der Waals surface area contributed by atoms with E-state index in [0.29, 0.717) is 18.7 Å². The maximum atomic E-state index is 13.0. The van der Waals surface area contributed by atoms with Gasteiger partial charge in [-0.1, -0.05) is 6.07 Å². The maximum Gasteiger partial charge on any atom is 0.253 e. The fraction of sp³-hybridized carbons (Fsp3) is 0.550. The Kier molecular flexibility index (Phi) is 5.03. The minimum absolute atomic E-state index is 0.00633. The van der Waals surface area contributed by atoms with Crippen LogP contribution in [-0.2, 0) is 9.59 Å². The Morgan fingerprint density at radius 2 is 1.85 bits per heavy atom. The molecule has 1 aromatic rings. The molecule has 2 unspecified atom stereocenters. The lowest BCUT2D eigenvalue weighted by Gasteiger charge is -2.35. The van der Waals surface area contributed by atoms with Crippen molar-refractivity contribution in [1.29, 1.82) is 0 Å². The number of amides is 3.